The average molecular weight is 358 g/mol. The van der Waals surface area contributed by atoms with E-state index in [0.717, 1.165) is 18.2 Å². The SMILES string of the molecule is O=C([O-])c1cccc(C(=O)[O-])c1S(=O)(=O)[O-].[Na+].[Na+].[Na+].[Na+].[Na+]. The van der Waals surface area contributed by atoms with Gasteiger partial charge in [-0.2, -0.15) is 0 Å². The number of carboxylic acid groups (broad SMARTS) is 2. The first-order valence-electron chi connectivity index (χ1n) is 3.76. The van der Waals surface area contributed by atoms with Gasteiger partial charge < -0.3 is 24.4 Å². The number of rotatable bonds is 3. The van der Waals surface area contributed by atoms with Crippen molar-refractivity contribution >= 4 is 22.1 Å². The number of hydrogen-bond donors (Lipinski definition) is 0. The summed E-state index contributed by atoms with van der Waals surface area (Å²) in [5.41, 5.74) is -2.01. The first kappa shape index (κ1) is 35.2. The molecule has 0 fully saturated rings. The minimum absolute atomic E-state index is 0. The summed E-state index contributed by atoms with van der Waals surface area (Å²) in [7, 11) is -5.25. The molecule has 86 valence electrons. The molecule has 0 amide bonds. The third-order valence-corrected chi connectivity index (χ3v) is 2.64. The van der Waals surface area contributed by atoms with Crippen molar-refractivity contribution in [2.24, 2.45) is 0 Å². The van der Waals surface area contributed by atoms with Crippen molar-refractivity contribution in [2.75, 3.05) is 0 Å². The molecule has 7 nitrogen and oxygen atoms in total. The Kier molecular flexibility index (Phi) is 25.7. The average Bonchev–Trinajstić information content (AvgIpc) is 2.15. The quantitative estimate of drug-likeness (QED) is 0.386. The molecule has 0 saturated heterocycles. The molecule has 1 rings (SSSR count). The van der Waals surface area contributed by atoms with Crippen LogP contribution in [0.15, 0.2) is 23.1 Å². The Morgan fingerprint density at radius 1 is 0.810 bits per heavy atom. The predicted molar refractivity (Wildman–Crippen MR) is 43.1 cm³/mol. The first-order valence-corrected chi connectivity index (χ1v) is 5.17. The Morgan fingerprint density at radius 2 is 1.10 bits per heavy atom. The Labute approximate surface area is 232 Å². The molecule has 13 heteroatoms. The molecule has 21 heavy (non-hydrogen) atoms. The second-order valence-corrected chi connectivity index (χ2v) is 4.03. The van der Waals surface area contributed by atoms with Gasteiger partial charge in [-0.15, -0.1) is 0 Å². The molecule has 0 aliphatic heterocycles. The minimum atomic E-state index is -5.25. The summed E-state index contributed by atoms with van der Waals surface area (Å²) >= 11 is 0. The molecule has 0 bridgehead atoms. The van der Waals surface area contributed by atoms with Crippen LogP contribution in [0.25, 0.3) is 0 Å². The summed E-state index contributed by atoms with van der Waals surface area (Å²) < 4.78 is 32.2. The van der Waals surface area contributed by atoms with E-state index in [2.05, 4.69) is 0 Å². The number of carbonyl (C=O) groups is 2. The molecule has 0 radical (unpaired) electrons. The van der Waals surface area contributed by atoms with Gasteiger partial charge in [0.1, 0.15) is 10.1 Å². The molecule has 0 heterocycles. The van der Waals surface area contributed by atoms with E-state index < -0.39 is 38.1 Å². The molecular weight excluding hydrogens is 355 g/mol. The molecule has 1 aromatic rings. The molecule has 1 aromatic carbocycles. The molecule has 0 aliphatic rings. The molecule has 0 saturated carbocycles. The summed E-state index contributed by atoms with van der Waals surface area (Å²) in [4.78, 5) is 19.7. The Morgan fingerprint density at radius 3 is 1.29 bits per heavy atom. The van der Waals surface area contributed by atoms with Gasteiger partial charge in [0.2, 0.25) is 0 Å². The van der Waals surface area contributed by atoms with Gasteiger partial charge in [0, 0.05) is 11.1 Å². The maximum absolute atomic E-state index is 10.7. The molecular formula is C8H3Na5O7S+2. The smallest absolute Gasteiger partial charge is 0.744 e. The van der Waals surface area contributed by atoms with Crippen LogP contribution in [0.1, 0.15) is 20.7 Å². The summed E-state index contributed by atoms with van der Waals surface area (Å²) in [6.07, 6.45) is 0. The molecule has 0 aliphatic carbocycles. The van der Waals surface area contributed by atoms with E-state index in [1.165, 1.54) is 0 Å². The third kappa shape index (κ3) is 10.6. The molecule has 0 N–H and O–H groups in total. The molecule has 0 spiro atoms. The van der Waals surface area contributed by atoms with E-state index in [1.54, 1.807) is 0 Å². The Bertz CT molecular complexity index is 542. The van der Waals surface area contributed by atoms with E-state index in [-0.39, 0.29) is 148 Å². The van der Waals surface area contributed by atoms with Crippen molar-refractivity contribution in [1.29, 1.82) is 0 Å². The first-order chi connectivity index (χ1) is 7.25. The van der Waals surface area contributed by atoms with Gasteiger partial charge in [-0.3, -0.25) is 0 Å². The fourth-order valence-corrected chi connectivity index (χ4v) is 1.97. The van der Waals surface area contributed by atoms with Crippen LogP contribution in [0.4, 0.5) is 0 Å². The van der Waals surface area contributed by atoms with Crippen molar-refractivity contribution in [2.45, 2.75) is 4.90 Å². The Balaban J connectivity index is -0.000000171. The maximum atomic E-state index is 10.7. The van der Waals surface area contributed by atoms with Gasteiger partial charge in [-0.05, 0) is 0 Å². The van der Waals surface area contributed by atoms with E-state index in [1.807, 2.05) is 0 Å². The summed E-state index contributed by atoms with van der Waals surface area (Å²) in [6, 6.07) is 2.48. The van der Waals surface area contributed by atoms with Crippen LogP contribution in [0.5, 0.6) is 0 Å². The van der Waals surface area contributed by atoms with Crippen LogP contribution in [0, 0.1) is 0 Å². The van der Waals surface area contributed by atoms with Crippen molar-refractivity contribution in [3.8, 4) is 0 Å². The summed E-state index contributed by atoms with van der Waals surface area (Å²) in [5.74, 6) is -3.92. The summed E-state index contributed by atoms with van der Waals surface area (Å²) in [6.45, 7) is 0. The molecule has 0 aromatic heterocycles. The number of benzene rings is 1. The topological polar surface area (TPSA) is 137 Å². The number of carboxylic acids is 2. The van der Waals surface area contributed by atoms with Crippen LogP contribution in [-0.4, -0.2) is 24.9 Å². The second-order valence-electron chi connectivity index (χ2n) is 2.71. The van der Waals surface area contributed by atoms with Gasteiger partial charge in [-0.25, -0.2) is 8.42 Å². The monoisotopic (exact) mass is 358 g/mol. The van der Waals surface area contributed by atoms with E-state index in [9.17, 15) is 32.8 Å². The fourth-order valence-electron chi connectivity index (χ4n) is 1.13. The number of carbonyl (C=O) groups excluding carboxylic acids is 2. The van der Waals surface area contributed by atoms with E-state index in [4.69, 9.17) is 0 Å². The van der Waals surface area contributed by atoms with Crippen LogP contribution in [0.2, 0.25) is 0 Å². The van der Waals surface area contributed by atoms with Crippen molar-refractivity contribution in [1.82, 2.24) is 0 Å². The fraction of sp³-hybridized carbons (Fsp3) is 0. The van der Waals surface area contributed by atoms with Gasteiger partial charge in [0.05, 0.1) is 16.8 Å². The normalized spacial score (nSPS) is 8.43. The van der Waals surface area contributed by atoms with Crippen LogP contribution < -0.4 is 158 Å². The van der Waals surface area contributed by atoms with Crippen molar-refractivity contribution in [3.05, 3.63) is 29.3 Å². The van der Waals surface area contributed by atoms with E-state index in [0.29, 0.717) is 0 Å². The Hall–Kier alpha value is 3.07. The zero-order valence-corrected chi connectivity index (χ0v) is 23.3. The van der Waals surface area contributed by atoms with E-state index >= 15 is 0 Å². The van der Waals surface area contributed by atoms with Gasteiger partial charge in [0.15, 0.2) is 0 Å². The zero-order chi connectivity index (χ0) is 12.5. The van der Waals surface area contributed by atoms with Crippen LogP contribution in [0.3, 0.4) is 0 Å². The molecule has 0 atom stereocenters. The number of aromatic carboxylic acids is 2. The van der Waals surface area contributed by atoms with Crippen LogP contribution >= 0.6 is 0 Å². The number of hydrogen-bond acceptors (Lipinski definition) is 7. The second kappa shape index (κ2) is 15.3. The largest absolute Gasteiger partial charge is 1.00 e. The zero-order valence-electron chi connectivity index (χ0n) is 12.5. The standard InChI is InChI=1S/C8H6O7S.5Na/c9-7(10)4-2-1-3-5(8(11)12)6(4)16(13,14)15;;;;;/h1-3H,(H,9,10)(H,11,12)(H,13,14,15);;;;;/q;5*+1/p-3. The third-order valence-electron chi connectivity index (χ3n) is 1.70. The van der Waals surface area contributed by atoms with Gasteiger partial charge in [0.25, 0.3) is 0 Å². The minimum Gasteiger partial charge on any atom is -0.744 e. The van der Waals surface area contributed by atoms with Gasteiger partial charge >= 0.3 is 148 Å². The van der Waals surface area contributed by atoms with Crippen molar-refractivity contribution in [3.63, 3.8) is 0 Å². The van der Waals surface area contributed by atoms with Crippen molar-refractivity contribution < 1.29 is 181 Å². The summed E-state index contributed by atoms with van der Waals surface area (Å²) in [5, 5.41) is 21.0. The maximum Gasteiger partial charge on any atom is 1.00 e. The molecule has 0 unspecified atom stereocenters. The van der Waals surface area contributed by atoms with Gasteiger partial charge in [-0.1, -0.05) is 18.2 Å². The predicted octanol–water partition coefficient (Wildman–Crippen LogP) is -17.7. The van der Waals surface area contributed by atoms with Crippen LogP contribution in [-0.2, 0) is 10.1 Å².